The molecular weight excluding hydrogens is 322 g/mol. The summed E-state index contributed by atoms with van der Waals surface area (Å²) in [6.45, 7) is 2.36. The molecule has 0 aliphatic carbocycles. The zero-order valence-corrected chi connectivity index (χ0v) is 13.9. The molecule has 1 atom stereocenters. The number of anilines is 1. The minimum atomic E-state index is -0.572. The van der Waals surface area contributed by atoms with Gasteiger partial charge in [-0.3, -0.25) is 4.79 Å². The molecule has 0 saturated carbocycles. The Bertz CT molecular complexity index is 848. The molecule has 0 bridgehead atoms. The molecule has 4 nitrogen and oxygen atoms in total. The van der Waals surface area contributed by atoms with Gasteiger partial charge < -0.3 is 10.6 Å². The third kappa shape index (κ3) is 2.86. The summed E-state index contributed by atoms with van der Waals surface area (Å²) in [4.78, 5) is 14.6. The van der Waals surface area contributed by atoms with Crippen LogP contribution in [0, 0.1) is 24.2 Å². The molecule has 0 spiro atoms. The molecule has 24 heavy (non-hydrogen) atoms. The third-order valence-electron chi connectivity index (χ3n) is 4.19. The second-order valence-corrected chi connectivity index (χ2v) is 6.22. The van der Waals surface area contributed by atoms with E-state index < -0.39 is 5.92 Å². The number of nitrogens with two attached hydrogens (primary N) is 1. The summed E-state index contributed by atoms with van der Waals surface area (Å²) in [7, 11) is 0. The van der Waals surface area contributed by atoms with Gasteiger partial charge in [-0.25, -0.2) is 0 Å². The number of nitrogens with zero attached hydrogens (tertiary/aromatic N) is 2. The molecule has 5 heteroatoms. The topological polar surface area (TPSA) is 70.1 Å². The fourth-order valence-electron chi connectivity index (χ4n) is 2.83. The highest BCUT2D eigenvalue weighted by atomic mass is 35.5. The first-order chi connectivity index (χ1) is 11.5. The number of carbonyl (C=O) groups excluding carboxylic acids is 1. The van der Waals surface area contributed by atoms with Gasteiger partial charge >= 0.3 is 0 Å². The number of halogens is 1. The predicted molar refractivity (Wildman–Crippen MR) is 94.6 cm³/mol. The van der Waals surface area contributed by atoms with Crippen LogP contribution in [0.5, 0.6) is 0 Å². The number of carbonyl (C=O) groups is 1. The lowest BCUT2D eigenvalue weighted by atomic mass is 9.93. The van der Waals surface area contributed by atoms with E-state index in [0.717, 1.165) is 11.3 Å². The van der Waals surface area contributed by atoms with Crippen LogP contribution in [0.3, 0.4) is 0 Å². The Kier molecular flexibility index (Phi) is 4.28. The highest BCUT2D eigenvalue weighted by Gasteiger charge is 2.36. The first kappa shape index (κ1) is 16.1. The number of aryl methyl sites for hydroxylation is 1. The second kappa shape index (κ2) is 6.38. The highest BCUT2D eigenvalue weighted by Crippen LogP contribution is 2.32. The molecule has 0 fully saturated rings. The van der Waals surface area contributed by atoms with E-state index in [1.807, 2.05) is 36.1 Å². The van der Waals surface area contributed by atoms with Crippen molar-refractivity contribution in [2.24, 2.45) is 11.7 Å². The van der Waals surface area contributed by atoms with Gasteiger partial charge in [0.05, 0.1) is 17.6 Å². The molecule has 0 amide bonds. The predicted octanol–water partition coefficient (Wildman–Crippen LogP) is 3.66. The largest absolute Gasteiger partial charge is 0.384 e. The Balaban J connectivity index is 1.93. The number of benzene rings is 2. The van der Waals surface area contributed by atoms with E-state index in [2.05, 4.69) is 6.07 Å². The van der Waals surface area contributed by atoms with Crippen molar-refractivity contribution in [2.45, 2.75) is 6.92 Å². The van der Waals surface area contributed by atoms with Crippen LogP contribution in [0.15, 0.2) is 59.9 Å². The average Bonchev–Trinajstić information content (AvgIpc) is 2.92. The lowest BCUT2D eigenvalue weighted by Crippen LogP contribution is -2.27. The molecule has 2 aromatic rings. The molecule has 1 aliphatic rings. The Morgan fingerprint density at radius 1 is 1.21 bits per heavy atom. The van der Waals surface area contributed by atoms with Crippen LogP contribution in [0.2, 0.25) is 5.02 Å². The van der Waals surface area contributed by atoms with Gasteiger partial charge in [0, 0.05) is 22.8 Å². The van der Waals surface area contributed by atoms with Crippen molar-refractivity contribution in [3.63, 3.8) is 0 Å². The maximum absolute atomic E-state index is 12.8. The molecule has 1 heterocycles. The van der Waals surface area contributed by atoms with Crippen LogP contribution in [0.1, 0.15) is 15.9 Å². The van der Waals surface area contributed by atoms with Gasteiger partial charge in [0.2, 0.25) is 0 Å². The first-order valence-electron chi connectivity index (χ1n) is 7.55. The Morgan fingerprint density at radius 2 is 1.83 bits per heavy atom. The van der Waals surface area contributed by atoms with Gasteiger partial charge in [-0.2, -0.15) is 5.26 Å². The number of Topliss-reactive ketones (excluding diaryl/α,β-unsaturated/α-hetero) is 1. The number of hydrogen-bond donors (Lipinski definition) is 1. The SMILES string of the molecule is Cc1ccc(N2CC(C(=O)c3ccc(Cl)cc3)C(C#N)=C2N)cc1. The highest BCUT2D eigenvalue weighted by molar-refractivity contribution is 6.30. The monoisotopic (exact) mass is 337 g/mol. The van der Waals surface area contributed by atoms with Crippen molar-refractivity contribution >= 4 is 23.1 Å². The Hall–Kier alpha value is -2.77. The van der Waals surface area contributed by atoms with Crippen molar-refractivity contribution < 1.29 is 4.79 Å². The molecule has 120 valence electrons. The lowest BCUT2D eigenvalue weighted by molar-refractivity contribution is 0.0948. The van der Waals surface area contributed by atoms with Gasteiger partial charge in [0.1, 0.15) is 5.82 Å². The molecule has 1 unspecified atom stereocenters. The normalized spacial score (nSPS) is 17.0. The van der Waals surface area contributed by atoms with Crippen molar-refractivity contribution in [3.05, 3.63) is 76.1 Å². The van der Waals surface area contributed by atoms with Crippen molar-refractivity contribution in [1.29, 1.82) is 5.26 Å². The lowest BCUT2D eigenvalue weighted by Gasteiger charge is -2.20. The van der Waals surface area contributed by atoms with Gasteiger partial charge in [0.25, 0.3) is 0 Å². The minimum Gasteiger partial charge on any atom is -0.384 e. The van der Waals surface area contributed by atoms with Crippen LogP contribution in [0.25, 0.3) is 0 Å². The summed E-state index contributed by atoms with van der Waals surface area (Å²) in [5.41, 5.74) is 8.99. The Labute approximate surface area is 145 Å². The number of ketones is 1. The summed E-state index contributed by atoms with van der Waals surface area (Å²) >= 11 is 5.87. The zero-order chi connectivity index (χ0) is 17.3. The number of rotatable bonds is 3. The smallest absolute Gasteiger partial charge is 0.172 e. The second-order valence-electron chi connectivity index (χ2n) is 5.78. The molecule has 1 aliphatic heterocycles. The Morgan fingerprint density at radius 3 is 2.42 bits per heavy atom. The summed E-state index contributed by atoms with van der Waals surface area (Å²) in [5, 5.41) is 10.0. The van der Waals surface area contributed by atoms with Crippen LogP contribution in [-0.4, -0.2) is 12.3 Å². The van der Waals surface area contributed by atoms with Gasteiger partial charge in [-0.05, 0) is 43.3 Å². The van der Waals surface area contributed by atoms with Crippen LogP contribution in [0.4, 0.5) is 5.69 Å². The van der Waals surface area contributed by atoms with E-state index in [4.69, 9.17) is 17.3 Å². The van der Waals surface area contributed by atoms with Crippen LogP contribution in [-0.2, 0) is 0 Å². The van der Waals surface area contributed by atoms with Gasteiger partial charge in [0.15, 0.2) is 5.78 Å². The molecular formula is C19H16ClN3O. The van der Waals surface area contributed by atoms with Crippen LogP contribution >= 0.6 is 11.6 Å². The molecule has 0 aromatic heterocycles. The standard InChI is InChI=1S/C19H16ClN3O/c1-12-2-8-15(9-3-12)23-11-17(16(10-21)19(23)22)18(24)13-4-6-14(20)7-5-13/h2-9,17H,11,22H2,1H3. The van der Waals surface area contributed by atoms with E-state index in [9.17, 15) is 10.1 Å². The average molecular weight is 338 g/mol. The van der Waals surface area contributed by atoms with Crippen molar-refractivity contribution in [1.82, 2.24) is 0 Å². The first-order valence-corrected chi connectivity index (χ1v) is 7.93. The van der Waals surface area contributed by atoms with Crippen molar-refractivity contribution in [2.75, 3.05) is 11.4 Å². The summed E-state index contributed by atoms with van der Waals surface area (Å²) in [6.07, 6.45) is 0. The fraction of sp³-hybridized carbons (Fsp3) is 0.158. The van der Waals surface area contributed by atoms with E-state index in [-0.39, 0.29) is 5.78 Å². The van der Waals surface area contributed by atoms with Gasteiger partial charge in [-0.15, -0.1) is 0 Å². The van der Waals surface area contributed by atoms with E-state index in [1.165, 1.54) is 0 Å². The summed E-state index contributed by atoms with van der Waals surface area (Å²) in [5.74, 6) is -0.355. The zero-order valence-electron chi connectivity index (χ0n) is 13.2. The van der Waals surface area contributed by atoms with E-state index in [0.29, 0.717) is 28.5 Å². The molecule has 3 rings (SSSR count). The molecule has 0 saturated heterocycles. The minimum absolute atomic E-state index is 0.124. The summed E-state index contributed by atoms with van der Waals surface area (Å²) in [6, 6.07) is 16.6. The third-order valence-corrected chi connectivity index (χ3v) is 4.44. The maximum Gasteiger partial charge on any atom is 0.172 e. The molecule has 2 aromatic carbocycles. The fourth-order valence-corrected chi connectivity index (χ4v) is 2.96. The van der Waals surface area contributed by atoms with E-state index >= 15 is 0 Å². The molecule has 0 radical (unpaired) electrons. The maximum atomic E-state index is 12.8. The number of hydrogen-bond acceptors (Lipinski definition) is 4. The van der Waals surface area contributed by atoms with Crippen LogP contribution < -0.4 is 10.6 Å². The van der Waals surface area contributed by atoms with Crippen molar-refractivity contribution in [3.8, 4) is 6.07 Å². The quantitative estimate of drug-likeness (QED) is 0.868. The molecule has 2 N–H and O–H groups in total. The summed E-state index contributed by atoms with van der Waals surface area (Å²) < 4.78 is 0. The number of nitriles is 1. The van der Waals surface area contributed by atoms with Gasteiger partial charge in [-0.1, -0.05) is 29.3 Å². The van der Waals surface area contributed by atoms with E-state index in [1.54, 1.807) is 24.3 Å².